The fourth-order valence-corrected chi connectivity index (χ4v) is 1.85. The molecule has 1 rings (SSSR count). The summed E-state index contributed by atoms with van der Waals surface area (Å²) in [5.74, 6) is 5.71. The van der Waals surface area contributed by atoms with Crippen molar-refractivity contribution in [2.75, 3.05) is 13.2 Å². The average molecular weight is 273 g/mol. The van der Waals surface area contributed by atoms with E-state index < -0.39 is 0 Å². The minimum Gasteiger partial charge on any atom is -0.395 e. The molecule has 2 N–H and O–H groups in total. The third kappa shape index (κ3) is 5.90. The van der Waals surface area contributed by atoms with Gasteiger partial charge in [0.1, 0.15) is 0 Å². The maximum absolute atomic E-state index is 12.1. The first-order valence-electron chi connectivity index (χ1n) is 7.26. The second kappa shape index (κ2) is 10.1. The van der Waals surface area contributed by atoms with Crippen LogP contribution in [-0.2, 0) is 0 Å². The SMILES string of the molecule is CCCCCCNC(=O)c1ccccc1C#CCCO. The molecule has 3 heteroatoms. The summed E-state index contributed by atoms with van der Waals surface area (Å²) in [5, 5.41) is 11.7. The van der Waals surface area contributed by atoms with E-state index in [1.807, 2.05) is 18.2 Å². The van der Waals surface area contributed by atoms with Crippen LogP contribution in [0.5, 0.6) is 0 Å². The molecule has 1 aromatic carbocycles. The average Bonchev–Trinajstić information content (AvgIpc) is 2.47. The fourth-order valence-electron chi connectivity index (χ4n) is 1.85. The van der Waals surface area contributed by atoms with Crippen molar-refractivity contribution in [1.29, 1.82) is 0 Å². The van der Waals surface area contributed by atoms with Gasteiger partial charge in [0.25, 0.3) is 5.91 Å². The molecule has 0 aliphatic heterocycles. The molecule has 0 aliphatic rings. The molecule has 1 amide bonds. The van der Waals surface area contributed by atoms with Crippen LogP contribution in [0.4, 0.5) is 0 Å². The van der Waals surface area contributed by atoms with E-state index in [0.717, 1.165) is 12.8 Å². The second-order valence-electron chi connectivity index (χ2n) is 4.64. The Hall–Kier alpha value is -1.79. The molecular formula is C17H23NO2. The van der Waals surface area contributed by atoms with Gasteiger partial charge in [0.2, 0.25) is 0 Å². The Kier molecular flexibility index (Phi) is 8.17. The van der Waals surface area contributed by atoms with Crippen LogP contribution in [-0.4, -0.2) is 24.2 Å². The lowest BCUT2D eigenvalue weighted by atomic mass is 10.1. The van der Waals surface area contributed by atoms with E-state index in [9.17, 15) is 4.79 Å². The summed E-state index contributed by atoms with van der Waals surface area (Å²) in [5.41, 5.74) is 1.32. The van der Waals surface area contributed by atoms with E-state index in [1.54, 1.807) is 6.07 Å². The molecule has 0 fully saturated rings. The zero-order valence-electron chi connectivity index (χ0n) is 12.1. The quantitative estimate of drug-likeness (QED) is 0.593. The van der Waals surface area contributed by atoms with Crippen LogP contribution >= 0.6 is 0 Å². The summed E-state index contributed by atoms with van der Waals surface area (Å²) in [6.07, 6.45) is 4.98. The molecule has 0 saturated carbocycles. The number of benzene rings is 1. The Bertz CT molecular complexity index is 471. The van der Waals surface area contributed by atoms with Crippen LogP contribution in [0.3, 0.4) is 0 Å². The van der Waals surface area contributed by atoms with Crippen molar-refractivity contribution < 1.29 is 9.90 Å². The number of carbonyl (C=O) groups excluding carboxylic acids is 1. The van der Waals surface area contributed by atoms with Crippen molar-refractivity contribution in [2.45, 2.75) is 39.0 Å². The van der Waals surface area contributed by atoms with Gasteiger partial charge in [-0.1, -0.05) is 50.2 Å². The summed E-state index contributed by atoms with van der Waals surface area (Å²) in [4.78, 5) is 12.1. The Morgan fingerprint density at radius 1 is 1.25 bits per heavy atom. The van der Waals surface area contributed by atoms with Crippen LogP contribution in [0.2, 0.25) is 0 Å². The number of carbonyl (C=O) groups is 1. The highest BCUT2D eigenvalue weighted by Gasteiger charge is 2.08. The zero-order chi connectivity index (χ0) is 14.6. The lowest BCUT2D eigenvalue weighted by molar-refractivity contribution is 0.0952. The van der Waals surface area contributed by atoms with Crippen molar-refractivity contribution in [1.82, 2.24) is 5.32 Å². The zero-order valence-corrected chi connectivity index (χ0v) is 12.1. The minimum absolute atomic E-state index is 0.0405. The van der Waals surface area contributed by atoms with Crippen LogP contribution < -0.4 is 5.32 Å². The summed E-state index contributed by atoms with van der Waals surface area (Å²) < 4.78 is 0. The molecule has 1 aromatic rings. The van der Waals surface area contributed by atoms with Gasteiger partial charge < -0.3 is 10.4 Å². The van der Waals surface area contributed by atoms with E-state index in [2.05, 4.69) is 24.1 Å². The Labute approximate surface area is 121 Å². The van der Waals surface area contributed by atoms with Gasteiger partial charge in [0.05, 0.1) is 12.2 Å². The highest BCUT2D eigenvalue weighted by Crippen LogP contribution is 2.07. The molecule has 3 nitrogen and oxygen atoms in total. The Balaban J connectivity index is 2.57. The van der Waals surface area contributed by atoms with Crippen LogP contribution in [0, 0.1) is 11.8 Å². The number of nitrogens with one attached hydrogen (secondary N) is 1. The highest BCUT2D eigenvalue weighted by atomic mass is 16.2. The molecular weight excluding hydrogens is 250 g/mol. The maximum atomic E-state index is 12.1. The number of hydrogen-bond donors (Lipinski definition) is 2. The molecule has 0 bridgehead atoms. The van der Waals surface area contributed by atoms with Crippen molar-refractivity contribution in [3.05, 3.63) is 35.4 Å². The van der Waals surface area contributed by atoms with Crippen molar-refractivity contribution in [3.63, 3.8) is 0 Å². The number of amides is 1. The van der Waals surface area contributed by atoms with Gasteiger partial charge in [-0.25, -0.2) is 0 Å². The van der Waals surface area contributed by atoms with Crippen LogP contribution in [0.1, 0.15) is 54.9 Å². The van der Waals surface area contributed by atoms with E-state index >= 15 is 0 Å². The topological polar surface area (TPSA) is 49.3 Å². The van der Waals surface area contributed by atoms with Crippen LogP contribution in [0.25, 0.3) is 0 Å². The molecule has 0 aliphatic carbocycles. The smallest absolute Gasteiger partial charge is 0.252 e. The summed E-state index contributed by atoms with van der Waals surface area (Å²) >= 11 is 0. The molecule has 0 atom stereocenters. The van der Waals surface area contributed by atoms with E-state index in [-0.39, 0.29) is 12.5 Å². The largest absolute Gasteiger partial charge is 0.395 e. The summed E-state index contributed by atoms with van der Waals surface area (Å²) in [6, 6.07) is 7.31. The first-order chi connectivity index (χ1) is 9.79. The van der Waals surface area contributed by atoms with Gasteiger partial charge >= 0.3 is 0 Å². The summed E-state index contributed by atoms with van der Waals surface area (Å²) in [6.45, 7) is 2.91. The molecule has 108 valence electrons. The first kappa shape index (κ1) is 16.3. The van der Waals surface area contributed by atoms with Gasteiger partial charge in [-0.2, -0.15) is 0 Å². The normalized spacial score (nSPS) is 9.70. The predicted molar refractivity (Wildman–Crippen MR) is 81.5 cm³/mol. The number of aliphatic hydroxyl groups excluding tert-OH is 1. The van der Waals surface area contributed by atoms with E-state index in [0.29, 0.717) is 24.1 Å². The predicted octanol–water partition coefficient (Wildman–Crippen LogP) is 2.73. The fraction of sp³-hybridized carbons (Fsp3) is 0.471. The van der Waals surface area contributed by atoms with Gasteiger partial charge in [-0.15, -0.1) is 0 Å². The molecule has 0 saturated heterocycles. The standard InChI is InChI=1S/C17H23NO2/c1-2-3-4-8-13-18-17(20)16-12-6-5-10-15(16)11-7-9-14-19/h5-6,10,12,19H,2-4,8-9,13-14H2,1H3,(H,18,20). The van der Waals surface area contributed by atoms with Crippen LogP contribution in [0.15, 0.2) is 24.3 Å². The van der Waals surface area contributed by atoms with Crippen molar-refractivity contribution in [2.24, 2.45) is 0 Å². The van der Waals surface area contributed by atoms with Crippen molar-refractivity contribution in [3.8, 4) is 11.8 Å². The lowest BCUT2D eigenvalue weighted by Gasteiger charge is -2.06. The highest BCUT2D eigenvalue weighted by molar-refractivity contribution is 5.96. The molecule has 0 unspecified atom stereocenters. The molecule has 0 radical (unpaired) electrons. The third-order valence-electron chi connectivity index (χ3n) is 2.95. The molecule has 0 heterocycles. The van der Waals surface area contributed by atoms with E-state index in [1.165, 1.54) is 12.8 Å². The third-order valence-corrected chi connectivity index (χ3v) is 2.95. The maximum Gasteiger partial charge on any atom is 0.252 e. The minimum atomic E-state index is -0.0737. The molecule has 0 aromatic heterocycles. The Morgan fingerprint density at radius 3 is 2.80 bits per heavy atom. The van der Waals surface area contributed by atoms with E-state index in [4.69, 9.17) is 5.11 Å². The number of hydrogen-bond acceptors (Lipinski definition) is 2. The molecule has 20 heavy (non-hydrogen) atoms. The van der Waals surface area contributed by atoms with Crippen molar-refractivity contribution >= 4 is 5.91 Å². The summed E-state index contributed by atoms with van der Waals surface area (Å²) in [7, 11) is 0. The number of aliphatic hydroxyl groups is 1. The second-order valence-corrected chi connectivity index (χ2v) is 4.64. The van der Waals surface area contributed by atoms with Gasteiger partial charge in [-0.05, 0) is 18.6 Å². The Morgan fingerprint density at radius 2 is 2.05 bits per heavy atom. The monoisotopic (exact) mass is 273 g/mol. The lowest BCUT2D eigenvalue weighted by Crippen LogP contribution is -2.25. The number of rotatable bonds is 7. The first-order valence-corrected chi connectivity index (χ1v) is 7.26. The number of unbranched alkanes of at least 4 members (excludes halogenated alkanes) is 3. The van der Waals surface area contributed by atoms with Gasteiger partial charge in [0, 0.05) is 18.5 Å². The molecule has 0 spiro atoms. The van der Waals surface area contributed by atoms with Gasteiger partial charge in [-0.3, -0.25) is 4.79 Å². The van der Waals surface area contributed by atoms with Gasteiger partial charge in [0.15, 0.2) is 0 Å².